The summed E-state index contributed by atoms with van der Waals surface area (Å²) in [6.45, 7) is 1.93. The highest BCUT2D eigenvalue weighted by molar-refractivity contribution is 5.13. The minimum absolute atomic E-state index is 0.456. The maximum Gasteiger partial charge on any atom is 0.0537 e. The molecule has 1 aromatic rings. The van der Waals surface area contributed by atoms with Gasteiger partial charge in [-0.05, 0) is 38.9 Å². The zero-order valence-electron chi connectivity index (χ0n) is 9.56. The molecule has 1 fully saturated rings. The number of likely N-dealkylation sites (tertiary alicyclic amines) is 1. The number of piperidine rings is 1. The smallest absolute Gasteiger partial charge is 0.0537 e. The van der Waals surface area contributed by atoms with E-state index in [1.807, 2.05) is 17.9 Å². The fourth-order valence-electron chi connectivity index (χ4n) is 2.63. The molecule has 84 valence electrons. The zero-order valence-corrected chi connectivity index (χ0v) is 9.56. The summed E-state index contributed by atoms with van der Waals surface area (Å²) < 4.78 is 1.87. The minimum atomic E-state index is 0.456. The van der Waals surface area contributed by atoms with Crippen LogP contribution in [0.2, 0.25) is 0 Å². The zero-order chi connectivity index (χ0) is 10.8. The van der Waals surface area contributed by atoms with Crippen LogP contribution in [0.3, 0.4) is 0 Å². The van der Waals surface area contributed by atoms with Crippen molar-refractivity contribution in [2.45, 2.75) is 18.9 Å². The van der Waals surface area contributed by atoms with Crippen LogP contribution in [0.15, 0.2) is 12.4 Å². The molecule has 0 spiro atoms. The highest BCUT2D eigenvalue weighted by Crippen LogP contribution is 2.33. The van der Waals surface area contributed by atoms with Gasteiger partial charge in [0.15, 0.2) is 0 Å². The summed E-state index contributed by atoms with van der Waals surface area (Å²) in [6, 6.07) is 0.456. The first-order chi connectivity index (χ1) is 7.22. The number of hydrogen-bond acceptors (Lipinski definition) is 3. The summed E-state index contributed by atoms with van der Waals surface area (Å²) >= 11 is 0. The molecule has 1 aliphatic rings. The fourth-order valence-corrected chi connectivity index (χ4v) is 2.63. The van der Waals surface area contributed by atoms with E-state index >= 15 is 0 Å². The van der Waals surface area contributed by atoms with E-state index in [0.717, 1.165) is 13.1 Å². The molecule has 2 N–H and O–H groups in total. The van der Waals surface area contributed by atoms with E-state index in [1.165, 1.54) is 18.4 Å². The van der Waals surface area contributed by atoms with Crippen LogP contribution < -0.4 is 5.73 Å². The van der Waals surface area contributed by atoms with Crippen molar-refractivity contribution in [1.29, 1.82) is 0 Å². The second-order valence-electron chi connectivity index (χ2n) is 4.51. The van der Waals surface area contributed by atoms with Gasteiger partial charge < -0.3 is 5.73 Å². The standard InChI is InChI=1S/C11H20N4/c1-14-5-3-4-9(6-12)11(14)10-7-13-15(2)8-10/h7-9,11H,3-6,12H2,1-2H3/t9-,11-/m0/s1. The molecule has 0 aliphatic carbocycles. The van der Waals surface area contributed by atoms with Gasteiger partial charge in [0.2, 0.25) is 0 Å². The van der Waals surface area contributed by atoms with E-state index < -0.39 is 0 Å². The largest absolute Gasteiger partial charge is 0.330 e. The van der Waals surface area contributed by atoms with Gasteiger partial charge in [-0.25, -0.2) is 0 Å². The lowest BCUT2D eigenvalue weighted by Gasteiger charge is -2.38. The number of aryl methyl sites for hydroxylation is 1. The van der Waals surface area contributed by atoms with Crippen LogP contribution in [-0.2, 0) is 7.05 Å². The van der Waals surface area contributed by atoms with Gasteiger partial charge in [-0.15, -0.1) is 0 Å². The van der Waals surface area contributed by atoms with Gasteiger partial charge in [-0.1, -0.05) is 0 Å². The summed E-state index contributed by atoms with van der Waals surface area (Å²) in [6.07, 6.45) is 6.57. The third-order valence-corrected chi connectivity index (χ3v) is 3.38. The summed E-state index contributed by atoms with van der Waals surface area (Å²) in [5.41, 5.74) is 7.15. The number of rotatable bonds is 2. The molecule has 4 heteroatoms. The lowest BCUT2D eigenvalue weighted by molar-refractivity contribution is 0.125. The van der Waals surface area contributed by atoms with Gasteiger partial charge in [0.1, 0.15) is 0 Å². The molecule has 0 aromatic carbocycles. The van der Waals surface area contributed by atoms with Crippen LogP contribution >= 0.6 is 0 Å². The Hall–Kier alpha value is -0.870. The number of nitrogens with zero attached hydrogens (tertiary/aromatic N) is 3. The van der Waals surface area contributed by atoms with Crippen LogP contribution in [0.4, 0.5) is 0 Å². The summed E-state index contributed by atoms with van der Waals surface area (Å²) in [7, 11) is 4.14. The first kappa shape index (κ1) is 10.6. The Balaban J connectivity index is 2.22. The molecule has 2 rings (SSSR count). The second kappa shape index (κ2) is 4.33. The van der Waals surface area contributed by atoms with Crippen LogP contribution in [0.5, 0.6) is 0 Å². The Morgan fingerprint density at radius 1 is 1.53 bits per heavy atom. The normalized spacial score (nSPS) is 28.2. The van der Waals surface area contributed by atoms with Crippen molar-refractivity contribution >= 4 is 0 Å². The molecule has 2 heterocycles. The van der Waals surface area contributed by atoms with E-state index in [0.29, 0.717) is 12.0 Å². The average molecular weight is 208 g/mol. The molecular weight excluding hydrogens is 188 g/mol. The Labute approximate surface area is 91.1 Å². The Kier molecular flexibility index (Phi) is 3.07. The molecule has 0 amide bonds. The van der Waals surface area contributed by atoms with E-state index in [-0.39, 0.29) is 0 Å². The Morgan fingerprint density at radius 3 is 2.93 bits per heavy atom. The summed E-state index contributed by atoms with van der Waals surface area (Å²) in [5.74, 6) is 0.577. The lowest BCUT2D eigenvalue weighted by Crippen LogP contribution is -2.39. The Morgan fingerprint density at radius 2 is 2.33 bits per heavy atom. The van der Waals surface area contributed by atoms with Crippen molar-refractivity contribution in [2.24, 2.45) is 18.7 Å². The van der Waals surface area contributed by atoms with Gasteiger partial charge in [-0.2, -0.15) is 5.10 Å². The number of nitrogens with two attached hydrogens (primary N) is 1. The highest BCUT2D eigenvalue weighted by atomic mass is 15.2. The molecule has 2 atom stereocenters. The van der Waals surface area contributed by atoms with Crippen LogP contribution in [-0.4, -0.2) is 34.8 Å². The first-order valence-corrected chi connectivity index (χ1v) is 5.61. The maximum absolute atomic E-state index is 5.85. The average Bonchev–Trinajstić information content (AvgIpc) is 2.64. The van der Waals surface area contributed by atoms with Gasteiger partial charge in [0.05, 0.1) is 6.20 Å². The van der Waals surface area contributed by atoms with Crippen molar-refractivity contribution in [2.75, 3.05) is 20.1 Å². The number of aromatic nitrogens is 2. The molecule has 4 nitrogen and oxygen atoms in total. The van der Waals surface area contributed by atoms with Crippen LogP contribution in [0.25, 0.3) is 0 Å². The van der Waals surface area contributed by atoms with Crippen molar-refractivity contribution in [3.8, 4) is 0 Å². The van der Waals surface area contributed by atoms with Crippen molar-refractivity contribution in [1.82, 2.24) is 14.7 Å². The Bertz CT molecular complexity index is 320. The topological polar surface area (TPSA) is 47.1 Å². The van der Waals surface area contributed by atoms with Crippen molar-refractivity contribution < 1.29 is 0 Å². The second-order valence-corrected chi connectivity index (χ2v) is 4.51. The van der Waals surface area contributed by atoms with Gasteiger partial charge in [-0.3, -0.25) is 9.58 Å². The molecular formula is C11H20N4. The SMILES string of the molecule is CN1CCC[C@@H](CN)[C@H]1c1cnn(C)c1. The molecule has 0 radical (unpaired) electrons. The van der Waals surface area contributed by atoms with E-state index in [4.69, 9.17) is 5.73 Å². The number of hydrogen-bond donors (Lipinski definition) is 1. The molecule has 0 bridgehead atoms. The lowest BCUT2D eigenvalue weighted by atomic mass is 9.86. The predicted octanol–water partition coefficient (Wildman–Crippen LogP) is 0.762. The quantitative estimate of drug-likeness (QED) is 0.780. The van der Waals surface area contributed by atoms with E-state index in [1.54, 1.807) is 0 Å². The monoisotopic (exact) mass is 208 g/mol. The van der Waals surface area contributed by atoms with Crippen molar-refractivity contribution in [3.63, 3.8) is 0 Å². The van der Waals surface area contributed by atoms with Crippen LogP contribution in [0, 0.1) is 5.92 Å². The van der Waals surface area contributed by atoms with E-state index in [9.17, 15) is 0 Å². The first-order valence-electron chi connectivity index (χ1n) is 5.61. The molecule has 1 aromatic heterocycles. The molecule has 15 heavy (non-hydrogen) atoms. The maximum atomic E-state index is 5.85. The summed E-state index contributed by atoms with van der Waals surface area (Å²) in [4.78, 5) is 2.40. The minimum Gasteiger partial charge on any atom is -0.330 e. The van der Waals surface area contributed by atoms with Crippen molar-refractivity contribution in [3.05, 3.63) is 18.0 Å². The van der Waals surface area contributed by atoms with Crippen LogP contribution in [0.1, 0.15) is 24.4 Å². The molecule has 1 aliphatic heterocycles. The third-order valence-electron chi connectivity index (χ3n) is 3.38. The summed E-state index contributed by atoms with van der Waals surface area (Å²) in [5, 5.41) is 4.24. The van der Waals surface area contributed by atoms with Gasteiger partial charge in [0.25, 0.3) is 0 Å². The van der Waals surface area contributed by atoms with Gasteiger partial charge >= 0.3 is 0 Å². The fraction of sp³-hybridized carbons (Fsp3) is 0.727. The van der Waals surface area contributed by atoms with Gasteiger partial charge in [0, 0.05) is 24.8 Å². The highest BCUT2D eigenvalue weighted by Gasteiger charge is 2.30. The molecule has 0 saturated carbocycles. The van der Waals surface area contributed by atoms with E-state index in [2.05, 4.69) is 23.2 Å². The molecule has 1 saturated heterocycles. The predicted molar refractivity (Wildman–Crippen MR) is 60.4 cm³/mol. The third kappa shape index (κ3) is 2.06. The molecule has 0 unspecified atom stereocenters.